The summed E-state index contributed by atoms with van der Waals surface area (Å²) in [6, 6.07) is 0. The van der Waals surface area contributed by atoms with Crippen LogP contribution in [0.15, 0.2) is 5.16 Å². The number of oxime groups is 1. The van der Waals surface area contributed by atoms with Gasteiger partial charge in [-0.15, -0.1) is 16.5 Å². The van der Waals surface area contributed by atoms with E-state index in [1.807, 2.05) is 0 Å². The van der Waals surface area contributed by atoms with Crippen molar-refractivity contribution in [3.05, 3.63) is 16.0 Å². The van der Waals surface area contributed by atoms with Gasteiger partial charge in [0, 0.05) is 29.5 Å². The zero-order valence-corrected chi connectivity index (χ0v) is 14.9. The third kappa shape index (κ3) is 3.71. The Labute approximate surface area is 150 Å². The number of hydrogen-bond acceptors (Lipinski definition) is 5. The number of aryl methyl sites for hydroxylation is 1. The summed E-state index contributed by atoms with van der Waals surface area (Å²) in [6.45, 7) is 0.709. The van der Waals surface area contributed by atoms with Gasteiger partial charge in [0.25, 0.3) is 5.91 Å². The van der Waals surface area contributed by atoms with Crippen molar-refractivity contribution >= 4 is 34.4 Å². The number of fused-ring (bicyclic) bond motifs is 1. The first-order chi connectivity index (χ1) is 12.2. The minimum Gasteiger partial charge on any atom is -0.411 e. The molecule has 0 bridgehead atoms. The molecule has 1 unspecified atom stereocenters. The first-order valence-corrected chi connectivity index (χ1v) is 9.88. The number of anilines is 1. The number of nitrogens with zero attached hydrogens (tertiary/aromatic N) is 1. The summed E-state index contributed by atoms with van der Waals surface area (Å²) in [5.41, 5.74) is 1.64. The molecule has 3 aliphatic carbocycles. The van der Waals surface area contributed by atoms with Gasteiger partial charge < -0.3 is 15.8 Å². The van der Waals surface area contributed by atoms with Crippen LogP contribution in [-0.4, -0.2) is 29.8 Å². The maximum atomic E-state index is 12.8. The van der Waals surface area contributed by atoms with E-state index in [-0.39, 0.29) is 23.7 Å². The molecule has 3 aliphatic rings. The van der Waals surface area contributed by atoms with Gasteiger partial charge in [-0.2, -0.15) is 0 Å². The quantitative estimate of drug-likeness (QED) is 0.413. The Kier molecular flexibility index (Phi) is 4.50. The van der Waals surface area contributed by atoms with Crippen LogP contribution in [0.4, 0.5) is 5.00 Å². The molecule has 2 fully saturated rings. The molecule has 0 spiro atoms. The number of thiophene rings is 1. The Balaban J connectivity index is 1.60. The highest BCUT2D eigenvalue weighted by Gasteiger charge is 2.34. The Morgan fingerprint density at radius 2 is 2.04 bits per heavy atom. The number of carbonyl (C=O) groups excluding carboxylic acids is 2. The summed E-state index contributed by atoms with van der Waals surface area (Å²) < 4.78 is 0. The van der Waals surface area contributed by atoms with Crippen molar-refractivity contribution in [1.29, 1.82) is 0 Å². The monoisotopic (exact) mass is 361 g/mol. The second-order valence-electron chi connectivity index (χ2n) is 7.39. The van der Waals surface area contributed by atoms with E-state index in [9.17, 15) is 9.59 Å². The van der Waals surface area contributed by atoms with Crippen molar-refractivity contribution < 1.29 is 14.8 Å². The molecule has 6 nitrogen and oxygen atoms in total. The molecule has 1 aromatic rings. The normalized spacial score (nSPS) is 22.6. The Morgan fingerprint density at radius 3 is 2.72 bits per heavy atom. The van der Waals surface area contributed by atoms with Crippen molar-refractivity contribution in [2.45, 2.75) is 44.9 Å². The molecule has 2 amide bonds. The molecule has 3 N–H and O–H groups in total. The third-order valence-electron chi connectivity index (χ3n) is 5.24. The van der Waals surface area contributed by atoms with Crippen molar-refractivity contribution in [2.24, 2.45) is 22.9 Å². The highest BCUT2D eigenvalue weighted by molar-refractivity contribution is 7.17. The van der Waals surface area contributed by atoms with Crippen LogP contribution in [0.2, 0.25) is 0 Å². The predicted molar refractivity (Wildman–Crippen MR) is 96.5 cm³/mol. The standard InChI is InChI=1S/C18H23N3O3S/c22-16(12-4-5-12)21-18-15(17(23)19-8-10-1-2-10)13-7-11(9-20-24)3-6-14(13)25-18/h9-12,24H,1-8H2,(H,19,23)(H,21,22)/b20-9+. The molecule has 2 saturated carbocycles. The molecule has 0 aromatic carbocycles. The van der Waals surface area contributed by atoms with E-state index >= 15 is 0 Å². The number of rotatable bonds is 6. The van der Waals surface area contributed by atoms with Gasteiger partial charge in [0.05, 0.1) is 5.56 Å². The van der Waals surface area contributed by atoms with Crippen LogP contribution in [0.1, 0.15) is 52.9 Å². The van der Waals surface area contributed by atoms with Gasteiger partial charge in [0.2, 0.25) is 5.91 Å². The minimum atomic E-state index is -0.0860. The lowest BCUT2D eigenvalue weighted by atomic mass is 9.87. The molecular weight excluding hydrogens is 338 g/mol. The maximum absolute atomic E-state index is 12.8. The van der Waals surface area contributed by atoms with E-state index in [0.717, 1.165) is 31.2 Å². The molecule has 1 aromatic heterocycles. The number of nitrogens with one attached hydrogen (secondary N) is 2. The smallest absolute Gasteiger partial charge is 0.254 e. The van der Waals surface area contributed by atoms with Gasteiger partial charge >= 0.3 is 0 Å². The summed E-state index contributed by atoms with van der Waals surface area (Å²) in [5, 5.41) is 18.7. The highest BCUT2D eigenvalue weighted by Crippen LogP contribution is 2.41. The molecule has 7 heteroatoms. The predicted octanol–water partition coefficient (Wildman–Crippen LogP) is 2.80. The fraction of sp³-hybridized carbons (Fsp3) is 0.611. The number of amides is 2. The summed E-state index contributed by atoms with van der Waals surface area (Å²) in [7, 11) is 0. The first-order valence-electron chi connectivity index (χ1n) is 9.07. The Bertz CT molecular complexity index is 719. The summed E-state index contributed by atoms with van der Waals surface area (Å²) in [5.74, 6) is 0.794. The lowest BCUT2D eigenvalue weighted by Crippen LogP contribution is -2.28. The molecule has 4 rings (SSSR count). The van der Waals surface area contributed by atoms with E-state index in [2.05, 4.69) is 15.8 Å². The van der Waals surface area contributed by atoms with Crippen molar-refractivity contribution in [1.82, 2.24) is 5.32 Å². The molecule has 0 radical (unpaired) electrons. The zero-order valence-electron chi connectivity index (χ0n) is 14.1. The van der Waals surface area contributed by atoms with Crippen LogP contribution in [-0.2, 0) is 17.6 Å². The molecule has 25 heavy (non-hydrogen) atoms. The van der Waals surface area contributed by atoms with E-state index in [1.165, 1.54) is 29.1 Å². The van der Waals surface area contributed by atoms with Crippen LogP contribution in [0.3, 0.4) is 0 Å². The average molecular weight is 361 g/mol. The lowest BCUT2D eigenvalue weighted by Gasteiger charge is -2.19. The topological polar surface area (TPSA) is 90.8 Å². The SMILES string of the molecule is O=C(NCC1CC1)c1c(NC(=O)C2CC2)sc2c1CC(/C=N/O)CC2. The molecular formula is C18H23N3O3S. The zero-order chi connectivity index (χ0) is 17.4. The Morgan fingerprint density at radius 1 is 1.24 bits per heavy atom. The second-order valence-corrected chi connectivity index (χ2v) is 8.50. The maximum Gasteiger partial charge on any atom is 0.254 e. The van der Waals surface area contributed by atoms with Gasteiger partial charge in [-0.3, -0.25) is 9.59 Å². The molecule has 1 heterocycles. The van der Waals surface area contributed by atoms with Gasteiger partial charge in [-0.1, -0.05) is 0 Å². The van der Waals surface area contributed by atoms with Gasteiger partial charge in [0.1, 0.15) is 5.00 Å². The minimum absolute atomic E-state index is 0.0308. The van der Waals surface area contributed by atoms with Crippen LogP contribution in [0.25, 0.3) is 0 Å². The van der Waals surface area contributed by atoms with Crippen molar-refractivity contribution in [3.63, 3.8) is 0 Å². The van der Waals surface area contributed by atoms with Crippen LogP contribution in [0, 0.1) is 17.8 Å². The molecule has 0 aliphatic heterocycles. The van der Waals surface area contributed by atoms with E-state index in [1.54, 1.807) is 6.21 Å². The van der Waals surface area contributed by atoms with Crippen LogP contribution in [0.5, 0.6) is 0 Å². The van der Waals surface area contributed by atoms with Gasteiger partial charge in [-0.05, 0) is 56.4 Å². The summed E-state index contributed by atoms with van der Waals surface area (Å²) in [6.07, 6.45) is 8.22. The van der Waals surface area contributed by atoms with Gasteiger partial charge in [0.15, 0.2) is 0 Å². The van der Waals surface area contributed by atoms with E-state index in [0.29, 0.717) is 29.4 Å². The second kappa shape index (κ2) is 6.78. The fourth-order valence-electron chi connectivity index (χ4n) is 3.37. The van der Waals surface area contributed by atoms with Gasteiger partial charge in [-0.25, -0.2) is 0 Å². The largest absolute Gasteiger partial charge is 0.411 e. The lowest BCUT2D eigenvalue weighted by molar-refractivity contribution is -0.117. The molecule has 0 saturated heterocycles. The van der Waals surface area contributed by atoms with E-state index in [4.69, 9.17) is 5.21 Å². The summed E-state index contributed by atoms with van der Waals surface area (Å²) >= 11 is 1.53. The van der Waals surface area contributed by atoms with E-state index < -0.39 is 0 Å². The fourth-order valence-corrected chi connectivity index (χ4v) is 4.61. The average Bonchev–Trinajstić information content (AvgIpc) is 3.49. The van der Waals surface area contributed by atoms with Crippen LogP contribution >= 0.6 is 11.3 Å². The molecule has 134 valence electrons. The van der Waals surface area contributed by atoms with Crippen LogP contribution < -0.4 is 10.6 Å². The van der Waals surface area contributed by atoms with Crippen molar-refractivity contribution in [3.8, 4) is 0 Å². The first kappa shape index (κ1) is 16.6. The Hall–Kier alpha value is -1.89. The van der Waals surface area contributed by atoms with Crippen molar-refractivity contribution in [2.75, 3.05) is 11.9 Å². The third-order valence-corrected chi connectivity index (χ3v) is 6.44. The molecule has 1 atom stereocenters. The number of hydrogen-bond donors (Lipinski definition) is 3. The number of carbonyl (C=O) groups is 2. The highest BCUT2D eigenvalue weighted by atomic mass is 32.1. The summed E-state index contributed by atoms with van der Waals surface area (Å²) in [4.78, 5) is 26.2.